The average Bonchev–Trinajstić information content (AvgIpc) is 3.35. The third kappa shape index (κ3) is 54.0. The smallest absolute Gasteiger partial charge is 0.361 e. The van der Waals surface area contributed by atoms with E-state index in [9.17, 15) is 19.5 Å². The van der Waals surface area contributed by atoms with E-state index < -0.39 is 24.3 Å². The molecule has 0 spiro atoms. The number of likely N-dealkylation sites (N-methyl/N-ethyl adjacent to an activating group) is 1. The number of rotatable bonds is 52. The Morgan fingerprint density at radius 2 is 0.792 bits per heavy atom. The van der Waals surface area contributed by atoms with Gasteiger partial charge in [0.05, 0.1) is 34.4 Å². The van der Waals surface area contributed by atoms with Crippen molar-refractivity contribution in [3.8, 4) is 0 Å². The molecule has 9 heteroatoms. The molecule has 0 aliphatic carbocycles. The van der Waals surface area contributed by atoms with Crippen molar-refractivity contribution in [3.63, 3.8) is 0 Å². The Balaban J connectivity index is 4.34. The Bertz CT molecular complexity index is 1500. The molecular formula is C63H108NO8+. The maximum Gasteiger partial charge on any atom is 0.361 e. The molecule has 2 atom stereocenters. The van der Waals surface area contributed by atoms with Crippen molar-refractivity contribution in [2.45, 2.75) is 238 Å². The predicted octanol–water partition coefficient (Wildman–Crippen LogP) is 17.0. The zero-order valence-corrected chi connectivity index (χ0v) is 46.8. The van der Waals surface area contributed by atoms with Crippen LogP contribution in [0.3, 0.4) is 0 Å². The first-order valence-electron chi connectivity index (χ1n) is 28.9. The number of quaternary nitrogens is 1. The highest BCUT2D eigenvalue weighted by Crippen LogP contribution is 2.16. The molecule has 72 heavy (non-hydrogen) atoms. The Kier molecular flexibility index (Phi) is 50.7. The number of esters is 2. The van der Waals surface area contributed by atoms with Crippen LogP contribution in [0.5, 0.6) is 0 Å². The first-order chi connectivity index (χ1) is 35.1. The van der Waals surface area contributed by atoms with Crippen LogP contribution >= 0.6 is 0 Å². The van der Waals surface area contributed by atoms with Crippen molar-refractivity contribution in [2.24, 2.45) is 0 Å². The summed E-state index contributed by atoms with van der Waals surface area (Å²) in [5.74, 6) is -2.04. The molecular weight excluding hydrogens is 899 g/mol. The predicted molar refractivity (Wildman–Crippen MR) is 304 cm³/mol. The summed E-state index contributed by atoms with van der Waals surface area (Å²) in [6.45, 7) is 4.74. The molecule has 0 saturated carbocycles. The molecule has 0 radical (unpaired) electrons. The number of allylic oxidation sites excluding steroid dienone is 16. The fourth-order valence-corrected chi connectivity index (χ4v) is 7.68. The summed E-state index contributed by atoms with van der Waals surface area (Å²) >= 11 is 0. The largest absolute Gasteiger partial charge is 0.477 e. The average molecular weight is 1010 g/mol. The van der Waals surface area contributed by atoms with Crippen LogP contribution in [0.4, 0.5) is 0 Å². The number of carboxylic acid groups (broad SMARTS) is 1. The quantitative estimate of drug-likeness (QED) is 0.0211. The van der Waals surface area contributed by atoms with Gasteiger partial charge >= 0.3 is 17.9 Å². The lowest BCUT2D eigenvalue weighted by molar-refractivity contribution is -0.870. The highest BCUT2D eigenvalue weighted by molar-refractivity contribution is 5.71. The van der Waals surface area contributed by atoms with Gasteiger partial charge in [-0.05, 0) is 77.0 Å². The lowest BCUT2D eigenvalue weighted by Gasteiger charge is -2.25. The molecule has 0 heterocycles. The molecule has 0 aromatic carbocycles. The van der Waals surface area contributed by atoms with E-state index in [0.717, 1.165) is 96.3 Å². The van der Waals surface area contributed by atoms with Gasteiger partial charge in [-0.25, -0.2) is 4.79 Å². The minimum absolute atomic E-state index is 0.178. The van der Waals surface area contributed by atoms with Crippen LogP contribution in [0.15, 0.2) is 97.2 Å². The SMILES string of the molecule is CC/C=C\C/C=C\C/C=C\C/C=C\C/C=C\C/C=C\C/C=C\C/C=C\CCCCCCC(=O)OC(COC(=O)CCCCCCCCCCCCCCCCCCCC)COC(OCC[N+](C)(C)C)C(=O)O. The number of ether oxygens (including phenoxy) is 4. The molecule has 0 aromatic heterocycles. The normalized spacial score (nSPS) is 13.5. The third-order valence-electron chi connectivity index (χ3n) is 12.1. The second-order valence-corrected chi connectivity index (χ2v) is 20.2. The van der Waals surface area contributed by atoms with Crippen molar-refractivity contribution < 1.29 is 42.9 Å². The van der Waals surface area contributed by atoms with E-state index in [1.807, 2.05) is 21.1 Å². The van der Waals surface area contributed by atoms with Gasteiger partial charge in [0.15, 0.2) is 6.10 Å². The zero-order valence-electron chi connectivity index (χ0n) is 46.8. The van der Waals surface area contributed by atoms with Crippen molar-refractivity contribution in [3.05, 3.63) is 97.2 Å². The van der Waals surface area contributed by atoms with Gasteiger partial charge in [-0.2, -0.15) is 0 Å². The number of unbranched alkanes of at least 4 members (excludes halogenated alkanes) is 21. The molecule has 0 saturated heterocycles. The maximum atomic E-state index is 12.9. The van der Waals surface area contributed by atoms with Crippen LogP contribution < -0.4 is 0 Å². The molecule has 0 rings (SSSR count). The topological polar surface area (TPSA) is 108 Å². The monoisotopic (exact) mass is 1010 g/mol. The molecule has 412 valence electrons. The molecule has 0 aliphatic rings. The van der Waals surface area contributed by atoms with Crippen LogP contribution in [0.25, 0.3) is 0 Å². The van der Waals surface area contributed by atoms with Gasteiger partial charge < -0.3 is 28.5 Å². The van der Waals surface area contributed by atoms with Gasteiger partial charge in [0.25, 0.3) is 6.29 Å². The number of carbonyl (C=O) groups excluding carboxylic acids is 2. The van der Waals surface area contributed by atoms with E-state index in [4.69, 9.17) is 18.9 Å². The Morgan fingerprint density at radius 1 is 0.431 bits per heavy atom. The Hall–Kier alpha value is -3.79. The first-order valence-corrected chi connectivity index (χ1v) is 28.9. The fraction of sp³-hybridized carbons (Fsp3) is 0.698. The Labute approximate surface area is 442 Å². The fourth-order valence-electron chi connectivity index (χ4n) is 7.68. The van der Waals surface area contributed by atoms with Crippen LogP contribution in [-0.2, 0) is 33.3 Å². The second-order valence-electron chi connectivity index (χ2n) is 20.2. The van der Waals surface area contributed by atoms with E-state index in [0.29, 0.717) is 23.9 Å². The standard InChI is InChI=1S/C63H107NO8/c1-6-8-10-12-14-16-18-20-22-24-26-27-28-29-30-31-32-33-34-35-36-38-40-42-44-46-48-50-52-54-61(66)72-59(58-71-63(62(67)68)69-56-55-64(3,4)5)57-70-60(65)53-51-49-47-45-43-41-39-37-25-23-21-19-17-15-13-11-9-7-2/h8,10,14,16,20,22,26-27,29-30,32-33,35-36,40,42,59,63H,6-7,9,11-13,15,17-19,21,23-25,28,31,34,37-39,41,43-58H2,1-5H3/p+1/b10-8-,16-14-,22-20-,27-26-,30-29-,33-32-,36-35-,42-40-. The van der Waals surface area contributed by atoms with Crippen LogP contribution in [-0.4, -0.2) is 87.4 Å². The minimum atomic E-state index is -1.52. The summed E-state index contributed by atoms with van der Waals surface area (Å²) in [6, 6.07) is 0. The third-order valence-corrected chi connectivity index (χ3v) is 12.1. The summed E-state index contributed by atoms with van der Waals surface area (Å²) in [7, 11) is 5.95. The van der Waals surface area contributed by atoms with E-state index >= 15 is 0 Å². The molecule has 0 fully saturated rings. The number of carbonyl (C=O) groups is 3. The number of carboxylic acids is 1. The maximum absolute atomic E-state index is 12.9. The van der Waals surface area contributed by atoms with Crippen LogP contribution in [0.1, 0.15) is 226 Å². The van der Waals surface area contributed by atoms with E-state index in [2.05, 4.69) is 111 Å². The van der Waals surface area contributed by atoms with Crippen molar-refractivity contribution in [1.82, 2.24) is 0 Å². The van der Waals surface area contributed by atoms with Crippen molar-refractivity contribution in [1.29, 1.82) is 0 Å². The number of nitrogens with zero attached hydrogens (tertiary/aromatic N) is 1. The molecule has 0 aromatic rings. The van der Waals surface area contributed by atoms with E-state index in [1.165, 1.54) is 96.3 Å². The van der Waals surface area contributed by atoms with Gasteiger partial charge in [-0.15, -0.1) is 0 Å². The molecule has 1 N–H and O–H groups in total. The Morgan fingerprint density at radius 3 is 1.18 bits per heavy atom. The van der Waals surface area contributed by atoms with Gasteiger partial charge in [-0.3, -0.25) is 9.59 Å². The lowest BCUT2D eigenvalue weighted by atomic mass is 10.0. The summed E-state index contributed by atoms with van der Waals surface area (Å²) in [5.41, 5.74) is 0. The van der Waals surface area contributed by atoms with Gasteiger partial charge in [-0.1, -0.05) is 233 Å². The highest BCUT2D eigenvalue weighted by atomic mass is 16.7. The summed E-state index contributed by atoms with van der Waals surface area (Å²) in [5, 5.41) is 9.70. The molecule has 9 nitrogen and oxygen atoms in total. The second kappa shape index (κ2) is 53.5. The van der Waals surface area contributed by atoms with Crippen LogP contribution in [0.2, 0.25) is 0 Å². The van der Waals surface area contributed by atoms with Gasteiger partial charge in [0, 0.05) is 12.8 Å². The summed E-state index contributed by atoms with van der Waals surface area (Å²) < 4.78 is 22.8. The number of aliphatic carboxylic acids is 1. The van der Waals surface area contributed by atoms with E-state index in [-0.39, 0.29) is 32.2 Å². The van der Waals surface area contributed by atoms with E-state index in [1.54, 1.807) is 0 Å². The van der Waals surface area contributed by atoms with Gasteiger partial charge in [0.2, 0.25) is 0 Å². The molecule has 0 aliphatic heterocycles. The molecule has 2 unspecified atom stereocenters. The van der Waals surface area contributed by atoms with Crippen LogP contribution in [0, 0.1) is 0 Å². The molecule has 0 bridgehead atoms. The summed E-state index contributed by atoms with van der Waals surface area (Å²) in [4.78, 5) is 37.4. The lowest BCUT2D eigenvalue weighted by Crippen LogP contribution is -2.40. The molecule has 0 amide bonds. The highest BCUT2D eigenvalue weighted by Gasteiger charge is 2.25. The van der Waals surface area contributed by atoms with Crippen molar-refractivity contribution >= 4 is 17.9 Å². The summed E-state index contributed by atoms with van der Waals surface area (Å²) in [6.07, 6.45) is 69.1. The first kappa shape index (κ1) is 68.2. The van der Waals surface area contributed by atoms with Crippen molar-refractivity contribution in [2.75, 3.05) is 47.5 Å². The van der Waals surface area contributed by atoms with Gasteiger partial charge in [0.1, 0.15) is 13.2 Å². The number of hydrogen-bond donors (Lipinski definition) is 1. The minimum Gasteiger partial charge on any atom is -0.477 e. The zero-order chi connectivity index (χ0) is 52.7. The number of hydrogen-bond acceptors (Lipinski definition) is 7.